The van der Waals surface area contributed by atoms with E-state index in [1.165, 1.54) is 13.0 Å². The lowest BCUT2D eigenvalue weighted by Crippen LogP contribution is -2.59. The Morgan fingerprint density at radius 3 is 2.55 bits per heavy atom. The van der Waals surface area contributed by atoms with E-state index in [0.717, 1.165) is 0 Å². The monoisotopic (exact) mass is 454 g/mol. The molecule has 2 unspecified atom stereocenters. The van der Waals surface area contributed by atoms with Crippen molar-refractivity contribution in [2.45, 2.75) is 63.6 Å². The highest BCUT2D eigenvalue weighted by Crippen LogP contribution is 2.56. The van der Waals surface area contributed by atoms with Gasteiger partial charge in [-0.1, -0.05) is 12.7 Å². The van der Waals surface area contributed by atoms with Crippen LogP contribution in [0.5, 0.6) is 0 Å². The van der Waals surface area contributed by atoms with Crippen LogP contribution in [0.2, 0.25) is 0 Å². The number of carbonyl (C=O) groups excluding carboxylic acids is 3. The minimum atomic E-state index is -1.92. The van der Waals surface area contributed by atoms with Crippen LogP contribution in [0.15, 0.2) is 35.5 Å². The lowest BCUT2D eigenvalue weighted by Gasteiger charge is -2.43. The summed E-state index contributed by atoms with van der Waals surface area (Å²) in [5, 5.41) is 23.5. The maximum absolute atomic E-state index is 12.5. The average molecular weight is 455 g/mol. The van der Waals surface area contributed by atoms with E-state index in [2.05, 4.69) is 6.58 Å². The molecule has 170 valence electrons. The van der Waals surface area contributed by atoms with Crippen molar-refractivity contribution in [2.75, 3.05) is 5.88 Å². The minimum absolute atomic E-state index is 0.0238. The molecule has 8 nitrogen and oxygen atoms in total. The van der Waals surface area contributed by atoms with Gasteiger partial charge in [0, 0.05) is 24.5 Å². The van der Waals surface area contributed by atoms with Crippen LogP contribution in [0.25, 0.3) is 0 Å². The number of aliphatic hydroxyl groups is 2. The van der Waals surface area contributed by atoms with Crippen molar-refractivity contribution in [2.24, 2.45) is 11.8 Å². The number of allylic oxidation sites excluding steroid dienone is 1. The van der Waals surface area contributed by atoms with Crippen molar-refractivity contribution < 1.29 is 38.8 Å². The summed E-state index contributed by atoms with van der Waals surface area (Å²) in [6.45, 7) is 9.83. The molecule has 0 aromatic heterocycles. The number of alkyl halides is 1. The lowest BCUT2D eigenvalue weighted by molar-refractivity contribution is -0.183. The molecule has 3 rings (SSSR count). The number of rotatable bonds is 4. The smallest absolute Gasteiger partial charge is 0.334 e. The van der Waals surface area contributed by atoms with E-state index in [1.807, 2.05) is 0 Å². The summed E-state index contributed by atoms with van der Waals surface area (Å²) in [4.78, 5) is 36.6. The molecule has 9 heteroatoms. The summed E-state index contributed by atoms with van der Waals surface area (Å²) in [5.74, 6) is -4.42. The zero-order valence-corrected chi connectivity index (χ0v) is 18.6. The van der Waals surface area contributed by atoms with Gasteiger partial charge in [0.25, 0.3) is 0 Å². The minimum Gasteiger partial charge on any atom is -0.458 e. The average Bonchev–Trinajstić information content (AvgIpc) is 3.11. The highest BCUT2D eigenvalue weighted by Gasteiger charge is 2.70. The van der Waals surface area contributed by atoms with Gasteiger partial charge in [-0.25, -0.2) is 9.59 Å². The van der Waals surface area contributed by atoms with Crippen LogP contribution < -0.4 is 0 Å². The van der Waals surface area contributed by atoms with Crippen LogP contribution >= 0.6 is 11.6 Å². The third kappa shape index (κ3) is 3.60. The maximum Gasteiger partial charge on any atom is 0.334 e. The Morgan fingerprint density at radius 1 is 1.35 bits per heavy atom. The molecule has 1 saturated heterocycles. The second-order valence-electron chi connectivity index (χ2n) is 8.46. The van der Waals surface area contributed by atoms with Gasteiger partial charge in [0.2, 0.25) is 0 Å². The molecule has 31 heavy (non-hydrogen) atoms. The van der Waals surface area contributed by atoms with E-state index in [1.54, 1.807) is 26.8 Å². The third-order valence-corrected chi connectivity index (χ3v) is 7.05. The fourth-order valence-electron chi connectivity index (χ4n) is 4.95. The number of hydrogen-bond acceptors (Lipinski definition) is 8. The summed E-state index contributed by atoms with van der Waals surface area (Å²) < 4.78 is 16.5. The van der Waals surface area contributed by atoms with Gasteiger partial charge >= 0.3 is 17.9 Å². The number of hydrogen-bond donors (Lipinski definition) is 2. The molecular weight excluding hydrogens is 428 g/mol. The molecule has 1 saturated carbocycles. The molecule has 0 amide bonds. The van der Waals surface area contributed by atoms with Crippen molar-refractivity contribution >= 4 is 29.5 Å². The van der Waals surface area contributed by atoms with Gasteiger partial charge in [0.1, 0.15) is 23.9 Å². The number of esters is 3. The van der Waals surface area contributed by atoms with E-state index in [9.17, 15) is 24.6 Å². The molecule has 0 spiro atoms. The molecular formula is C22H27ClO8. The second-order valence-corrected chi connectivity index (χ2v) is 8.73. The van der Waals surface area contributed by atoms with E-state index in [-0.39, 0.29) is 17.9 Å². The molecule has 1 heterocycles. The van der Waals surface area contributed by atoms with E-state index >= 15 is 0 Å². The molecule has 7 atom stereocenters. The fraction of sp³-hybridized carbons (Fsp3) is 0.591. The number of ether oxygens (including phenoxy) is 3. The summed E-state index contributed by atoms with van der Waals surface area (Å²) in [7, 11) is 0. The maximum atomic E-state index is 12.5. The van der Waals surface area contributed by atoms with Gasteiger partial charge in [0.05, 0.1) is 23.3 Å². The molecule has 2 fully saturated rings. The van der Waals surface area contributed by atoms with Crippen molar-refractivity contribution in [1.82, 2.24) is 0 Å². The van der Waals surface area contributed by atoms with Crippen LogP contribution in [0.4, 0.5) is 0 Å². The van der Waals surface area contributed by atoms with Crippen LogP contribution in [-0.2, 0) is 28.6 Å². The third-order valence-electron chi connectivity index (χ3n) is 6.59. The van der Waals surface area contributed by atoms with Crippen molar-refractivity contribution in [3.8, 4) is 0 Å². The molecule has 0 bridgehead atoms. The van der Waals surface area contributed by atoms with Gasteiger partial charge in [-0.15, -0.1) is 11.6 Å². The highest BCUT2D eigenvalue weighted by molar-refractivity contribution is 6.18. The Hall–Kier alpha value is -2.16. The number of fused-ring (bicyclic) bond motifs is 3. The molecule has 0 aromatic rings. The Labute approximate surface area is 185 Å². The second kappa shape index (κ2) is 8.07. The molecule has 2 N–H and O–H groups in total. The Balaban J connectivity index is 2.16. The zero-order chi connectivity index (χ0) is 23.3. The summed E-state index contributed by atoms with van der Waals surface area (Å²) in [5.41, 5.74) is -3.03. The van der Waals surface area contributed by atoms with Crippen molar-refractivity contribution in [3.63, 3.8) is 0 Å². The summed E-state index contributed by atoms with van der Waals surface area (Å²) in [6, 6.07) is 0. The predicted octanol–water partition coefficient (Wildman–Crippen LogP) is 1.57. The number of carbonyl (C=O) groups is 3. The first kappa shape index (κ1) is 23.5. The molecule has 3 aliphatic rings. The fourth-order valence-corrected chi connectivity index (χ4v) is 5.23. The van der Waals surface area contributed by atoms with Gasteiger partial charge < -0.3 is 24.4 Å². The van der Waals surface area contributed by atoms with Crippen LogP contribution in [0.3, 0.4) is 0 Å². The standard InChI is InChI=1S/C22H27ClO8/c1-6-10(2)19(25)30-15-8-21(27,9-23)17-14(29-13(5)24)7-11(3)22(17,28)18-16(15)12(4)20(26)31-18/h6-7,14-18,27-28H,4,8-9H2,1-3,5H3/b10-6-/t14-,15-,16?,17?,18+,21+,22-/m1/s1. The van der Waals surface area contributed by atoms with Crippen LogP contribution in [-0.4, -0.2) is 63.5 Å². The molecule has 0 radical (unpaired) electrons. The summed E-state index contributed by atoms with van der Waals surface area (Å²) >= 11 is 6.18. The largest absolute Gasteiger partial charge is 0.458 e. The van der Waals surface area contributed by atoms with Gasteiger partial charge in [0.15, 0.2) is 0 Å². The number of halogens is 1. The molecule has 0 aromatic carbocycles. The van der Waals surface area contributed by atoms with Crippen molar-refractivity contribution in [1.29, 1.82) is 0 Å². The zero-order valence-electron chi connectivity index (χ0n) is 17.9. The SMILES string of the molecule is C=C1C(=O)O[C@H]2C1[C@H](OC(=O)/C(C)=C\C)C[C@](O)(CCl)C1[C@H](OC(C)=O)C=C(C)[C@@]12O. The first-order valence-electron chi connectivity index (χ1n) is 10.0. The van der Waals surface area contributed by atoms with Crippen LogP contribution in [0, 0.1) is 11.8 Å². The van der Waals surface area contributed by atoms with Gasteiger partial charge in [-0.3, -0.25) is 4.79 Å². The first-order chi connectivity index (χ1) is 14.4. The highest BCUT2D eigenvalue weighted by atomic mass is 35.5. The topological polar surface area (TPSA) is 119 Å². The van der Waals surface area contributed by atoms with Crippen molar-refractivity contribution in [3.05, 3.63) is 35.5 Å². The van der Waals surface area contributed by atoms with Crippen LogP contribution in [0.1, 0.15) is 34.1 Å². The predicted molar refractivity (Wildman–Crippen MR) is 110 cm³/mol. The van der Waals surface area contributed by atoms with E-state index < -0.39 is 59.3 Å². The Morgan fingerprint density at radius 2 is 2.00 bits per heavy atom. The lowest BCUT2D eigenvalue weighted by atomic mass is 9.71. The molecule has 2 aliphatic carbocycles. The molecule has 1 aliphatic heterocycles. The quantitative estimate of drug-likeness (QED) is 0.216. The van der Waals surface area contributed by atoms with Gasteiger partial charge in [-0.2, -0.15) is 0 Å². The normalized spacial score (nSPS) is 39.8. The Kier molecular flexibility index (Phi) is 6.12. The Bertz CT molecular complexity index is 892. The van der Waals surface area contributed by atoms with E-state index in [4.69, 9.17) is 25.8 Å². The first-order valence-corrected chi connectivity index (χ1v) is 10.5. The summed E-state index contributed by atoms with van der Waals surface area (Å²) in [6.07, 6.45) is -0.424. The van der Waals surface area contributed by atoms with E-state index in [0.29, 0.717) is 11.1 Å². The van der Waals surface area contributed by atoms with Gasteiger partial charge in [-0.05, 0) is 32.4 Å².